The average Bonchev–Trinajstić information content (AvgIpc) is 2.82. The normalized spacial score (nSPS) is 13.5. The molecule has 0 saturated heterocycles. The molecule has 0 aliphatic carbocycles. The van der Waals surface area contributed by atoms with E-state index in [2.05, 4.69) is 146 Å². The van der Waals surface area contributed by atoms with Crippen molar-refractivity contribution in [3.05, 3.63) is 25.5 Å². The fraction of sp³-hybridized carbons (Fsp3) is 0.806. The summed E-state index contributed by atoms with van der Waals surface area (Å²) >= 11 is 0. The van der Waals surface area contributed by atoms with Crippen LogP contribution < -0.4 is 10.6 Å². The molecule has 0 spiro atoms. The standard InChI is InChI=1S/C16H39NO5Si4.C15H37NO5Si4/c1-11-14-19-16(18)17-13-12-15-26(20-23(2,3)4,21-24(5,6)7)22-25(8,9)10;1-11-18-15(17)16-13-12-14-25(19-22(2,3)4,20-23(5,6)7)21-24(8,9)10/h11H,1,12-15H2,2-10H3,(H,17,18);11H,1,12-14H2,2-10H3,(H,16,17). The molecule has 0 aliphatic rings. The molecule has 302 valence electrons. The van der Waals surface area contributed by atoms with Gasteiger partial charge in [-0.25, -0.2) is 9.59 Å². The molecular formula is C31H76N2O10Si8. The maximum atomic E-state index is 11.6. The molecule has 0 radical (unpaired) electrons. The van der Waals surface area contributed by atoms with Crippen LogP contribution in [0.5, 0.6) is 0 Å². The highest BCUT2D eigenvalue weighted by atomic mass is 28.5. The van der Waals surface area contributed by atoms with Gasteiger partial charge < -0.3 is 44.8 Å². The Hall–Kier alpha value is -0.485. The Balaban J connectivity index is 0. The van der Waals surface area contributed by atoms with Crippen molar-refractivity contribution < 1.29 is 43.8 Å². The maximum Gasteiger partial charge on any atom is 0.469 e. The van der Waals surface area contributed by atoms with Gasteiger partial charge in [0.1, 0.15) is 6.61 Å². The van der Waals surface area contributed by atoms with Crippen LogP contribution in [0.2, 0.25) is 130 Å². The first-order chi connectivity index (χ1) is 22.7. The van der Waals surface area contributed by atoms with Crippen LogP contribution in [-0.4, -0.2) is 99.4 Å². The highest BCUT2D eigenvalue weighted by Crippen LogP contribution is 2.31. The number of nitrogens with one attached hydrogen (secondary N) is 2. The predicted molar refractivity (Wildman–Crippen MR) is 231 cm³/mol. The van der Waals surface area contributed by atoms with E-state index >= 15 is 0 Å². The number of hydrogen-bond acceptors (Lipinski definition) is 10. The highest BCUT2D eigenvalue weighted by molar-refractivity contribution is 6.91. The molecule has 0 fully saturated rings. The van der Waals surface area contributed by atoms with E-state index in [4.69, 9.17) is 29.4 Å². The molecule has 0 unspecified atom stereocenters. The summed E-state index contributed by atoms with van der Waals surface area (Å²) in [7, 11) is -16.8. The fourth-order valence-corrected chi connectivity index (χ4v) is 33.8. The van der Waals surface area contributed by atoms with Gasteiger partial charge in [0.2, 0.25) is 0 Å². The van der Waals surface area contributed by atoms with Gasteiger partial charge in [-0.1, -0.05) is 19.2 Å². The summed E-state index contributed by atoms with van der Waals surface area (Å²) in [4.78, 5) is 23.0. The van der Waals surface area contributed by atoms with E-state index in [0.717, 1.165) is 19.1 Å². The molecule has 0 atom stereocenters. The van der Waals surface area contributed by atoms with E-state index in [1.54, 1.807) is 6.08 Å². The second-order valence-corrected chi connectivity index (χ2v) is 52.2. The summed E-state index contributed by atoms with van der Waals surface area (Å²) in [6.45, 7) is 47.1. The summed E-state index contributed by atoms with van der Waals surface area (Å²) in [5.74, 6) is 0. The molecule has 2 N–H and O–H groups in total. The minimum absolute atomic E-state index is 0.209. The molecule has 0 saturated carbocycles. The quantitative estimate of drug-likeness (QED) is 0.0443. The molecule has 0 aromatic carbocycles. The van der Waals surface area contributed by atoms with E-state index in [0.29, 0.717) is 25.2 Å². The van der Waals surface area contributed by atoms with Crippen molar-refractivity contribution in [2.45, 2.75) is 143 Å². The Morgan fingerprint density at radius 3 is 1.00 bits per heavy atom. The van der Waals surface area contributed by atoms with Gasteiger partial charge in [-0.3, -0.25) is 0 Å². The van der Waals surface area contributed by atoms with Crippen molar-refractivity contribution in [1.29, 1.82) is 0 Å². The van der Waals surface area contributed by atoms with Gasteiger partial charge in [0.05, 0.1) is 6.26 Å². The smallest absolute Gasteiger partial charge is 0.445 e. The second-order valence-electron chi connectivity index (χ2n) is 18.2. The maximum absolute atomic E-state index is 11.6. The van der Waals surface area contributed by atoms with Gasteiger partial charge >= 0.3 is 29.8 Å². The van der Waals surface area contributed by atoms with E-state index in [1.807, 2.05) is 0 Å². The number of carbonyl (C=O) groups is 2. The minimum Gasteiger partial charge on any atom is -0.445 e. The summed E-state index contributed by atoms with van der Waals surface area (Å²) in [5, 5.41) is 5.46. The van der Waals surface area contributed by atoms with Crippen molar-refractivity contribution >= 4 is 79.7 Å². The third-order valence-corrected chi connectivity index (χ3v) is 29.2. The number of carbonyl (C=O) groups excluding carboxylic acids is 2. The van der Waals surface area contributed by atoms with E-state index < -0.39 is 79.7 Å². The monoisotopic (exact) mass is 860 g/mol. The highest BCUT2D eigenvalue weighted by Gasteiger charge is 2.50. The predicted octanol–water partition coefficient (Wildman–Crippen LogP) is 9.52. The number of alkyl carbamates (subject to hydrolysis) is 2. The summed E-state index contributed by atoms with van der Waals surface area (Å²) in [6.07, 6.45) is 3.19. The zero-order valence-electron chi connectivity index (χ0n) is 35.6. The molecule has 0 aromatic rings. The molecular weight excluding hydrogens is 785 g/mol. The molecule has 20 heteroatoms. The molecule has 0 rings (SSSR count). The molecule has 51 heavy (non-hydrogen) atoms. The Labute approximate surface area is 320 Å². The van der Waals surface area contributed by atoms with Crippen LogP contribution in [-0.2, 0) is 34.2 Å². The third kappa shape index (κ3) is 32.6. The van der Waals surface area contributed by atoms with Gasteiger partial charge in [0.15, 0.2) is 49.9 Å². The summed E-state index contributed by atoms with van der Waals surface area (Å²) in [5.41, 5.74) is 0. The lowest BCUT2D eigenvalue weighted by molar-refractivity contribution is 0.158. The molecule has 0 bridgehead atoms. The van der Waals surface area contributed by atoms with Crippen molar-refractivity contribution in [2.75, 3.05) is 19.7 Å². The molecule has 12 nitrogen and oxygen atoms in total. The molecule has 0 aliphatic heterocycles. The molecule has 2 amide bonds. The number of rotatable bonds is 23. The number of ether oxygens (including phenoxy) is 2. The number of hydrogen-bond donors (Lipinski definition) is 2. The van der Waals surface area contributed by atoms with Gasteiger partial charge in [-0.05, 0) is 131 Å². The summed E-state index contributed by atoms with van der Waals surface area (Å²) in [6, 6.07) is 1.40. The minimum atomic E-state index is -2.82. The van der Waals surface area contributed by atoms with Crippen molar-refractivity contribution in [3.8, 4) is 0 Å². The lowest BCUT2D eigenvalue weighted by atomic mass is 10.5. The van der Waals surface area contributed by atoms with Crippen LogP contribution in [0.15, 0.2) is 25.5 Å². The zero-order chi connectivity index (χ0) is 40.6. The Kier molecular flexibility index (Phi) is 22.9. The van der Waals surface area contributed by atoms with Crippen LogP contribution in [0.4, 0.5) is 9.59 Å². The van der Waals surface area contributed by atoms with E-state index in [-0.39, 0.29) is 6.61 Å². The Bertz CT molecular complexity index is 980. The van der Waals surface area contributed by atoms with Crippen molar-refractivity contribution in [1.82, 2.24) is 10.6 Å². The molecule has 0 aromatic heterocycles. The topological polar surface area (TPSA) is 132 Å². The first-order valence-corrected chi connectivity index (χ1v) is 42.2. The van der Waals surface area contributed by atoms with Crippen LogP contribution in [0, 0.1) is 0 Å². The van der Waals surface area contributed by atoms with Gasteiger partial charge in [0, 0.05) is 25.2 Å². The first-order valence-electron chi connectivity index (χ1n) is 17.9. The zero-order valence-corrected chi connectivity index (χ0v) is 43.6. The third-order valence-electron chi connectivity index (χ3n) is 5.15. The SMILES string of the molecule is C=CCOC(=O)NCCC[Si](O[Si](C)(C)C)(O[Si](C)(C)C)O[Si](C)(C)C.C=COC(=O)NCCC[Si](O[Si](C)(C)C)(O[Si](C)(C)C)O[Si](C)(C)C. The van der Waals surface area contributed by atoms with Crippen LogP contribution in [0.3, 0.4) is 0 Å². The molecule has 0 heterocycles. The van der Waals surface area contributed by atoms with Crippen molar-refractivity contribution in [3.63, 3.8) is 0 Å². The lowest BCUT2D eigenvalue weighted by Crippen LogP contribution is -2.60. The lowest BCUT2D eigenvalue weighted by Gasteiger charge is -2.43. The fourth-order valence-electron chi connectivity index (χ4n) is 4.52. The van der Waals surface area contributed by atoms with Crippen LogP contribution in [0.25, 0.3) is 0 Å². The number of amides is 2. The van der Waals surface area contributed by atoms with Gasteiger partial charge in [-0.15, -0.1) is 0 Å². The Morgan fingerprint density at radius 2 is 0.765 bits per heavy atom. The summed E-state index contributed by atoms with van der Waals surface area (Å²) < 4.78 is 49.1. The van der Waals surface area contributed by atoms with Crippen LogP contribution >= 0.6 is 0 Å². The Morgan fingerprint density at radius 1 is 0.490 bits per heavy atom. The van der Waals surface area contributed by atoms with Gasteiger partial charge in [0.25, 0.3) is 0 Å². The van der Waals surface area contributed by atoms with E-state index in [9.17, 15) is 9.59 Å². The van der Waals surface area contributed by atoms with Crippen molar-refractivity contribution in [2.24, 2.45) is 0 Å². The van der Waals surface area contributed by atoms with Crippen LogP contribution in [0.1, 0.15) is 12.8 Å². The van der Waals surface area contributed by atoms with E-state index in [1.165, 1.54) is 0 Å². The first kappa shape index (κ1) is 52.6. The second kappa shape index (κ2) is 22.2. The average molecular weight is 862 g/mol. The largest absolute Gasteiger partial charge is 0.469 e. The van der Waals surface area contributed by atoms with Gasteiger partial charge in [-0.2, -0.15) is 0 Å².